The van der Waals surface area contributed by atoms with Gasteiger partial charge in [-0.2, -0.15) is 0 Å². The highest BCUT2D eigenvalue weighted by Gasteiger charge is 2.24. The second kappa shape index (κ2) is 10.1. The number of hydrogen-bond donors (Lipinski definition) is 0. The number of benzene rings is 8. The molecule has 0 saturated heterocycles. The number of furan rings is 2. The Bertz CT molecular complexity index is 2790. The first kappa shape index (κ1) is 26.0. The molecular formula is C44H27NO2. The summed E-state index contributed by atoms with van der Waals surface area (Å²) in [4.78, 5) is 2.35. The van der Waals surface area contributed by atoms with Crippen LogP contribution >= 0.6 is 0 Å². The van der Waals surface area contributed by atoms with E-state index in [1.807, 2.05) is 12.1 Å². The van der Waals surface area contributed by atoms with Crippen molar-refractivity contribution in [1.29, 1.82) is 0 Å². The third-order valence-electron chi connectivity index (χ3n) is 9.41. The lowest BCUT2D eigenvalue weighted by Gasteiger charge is -2.27. The predicted molar refractivity (Wildman–Crippen MR) is 196 cm³/mol. The molecule has 0 bridgehead atoms. The fraction of sp³-hybridized carbons (Fsp3) is 0. The standard InChI is InChI=1S/C44H27NO2/c1-3-13-28(14-4-1)29-25-38(43-41(26-29)47-44-37-21-10-8-18-33(37)32-17-7-9-20-36(32)42(43)44)45(30-15-5-2-6-16-30)31-23-24-35-34-19-11-12-22-39(34)46-40(35)27-31/h1-27H. The Labute approximate surface area is 270 Å². The average molecular weight is 602 g/mol. The zero-order valence-corrected chi connectivity index (χ0v) is 25.4. The van der Waals surface area contributed by atoms with Gasteiger partial charge in [0, 0.05) is 39.0 Å². The molecule has 0 aliphatic carbocycles. The summed E-state index contributed by atoms with van der Waals surface area (Å²) in [7, 11) is 0. The van der Waals surface area contributed by atoms with Crippen LogP contribution in [0.25, 0.3) is 76.5 Å². The lowest BCUT2D eigenvalue weighted by Crippen LogP contribution is -2.10. The maximum Gasteiger partial charge on any atom is 0.143 e. The first-order chi connectivity index (χ1) is 23.3. The molecule has 220 valence electrons. The molecule has 2 aromatic heterocycles. The van der Waals surface area contributed by atoms with Crippen LogP contribution in [-0.4, -0.2) is 0 Å². The van der Waals surface area contributed by atoms with Gasteiger partial charge in [0.25, 0.3) is 0 Å². The van der Waals surface area contributed by atoms with E-state index in [0.717, 1.165) is 77.5 Å². The van der Waals surface area contributed by atoms with E-state index in [1.54, 1.807) is 0 Å². The van der Waals surface area contributed by atoms with Crippen molar-refractivity contribution in [3.8, 4) is 11.1 Å². The smallest absolute Gasteiger partial charge is 0.143 e. The minimum Gasteiger partial charge on any atom is -0.456 e. The van der Waals surface area contributed by atoms with E-state index in [2.05, 4.69) is 157 Å². The van der Waals surface area contributed by atoms with Crippen molar-refractivity contribution in [3.05, 3.63) is 164 Å². The van der Waals surface area contributed by atoms with E-state index >= 15 is 0 Å². The van der Waals surface area contributed by atoms with Crippen LogP contribution in [0.5, 0.6) is 0 Å². The molecule has 2 heterocycles. The molecule has 47 heavy (non-hydrogen) atoms. The average Bonchev–Trinajstić information content (AvgIpc) is 3.72. The van der Waals surface area contributed by atoms with Gasteiger partial charge in [-0.25, -0.2) is 0 Å². The summed E-state index contributed by atoms with van der Waals surface area (Å²) >= 11 is 0. The maximum absolute atomic E-state index is 6.96. The van der Waals surface area contributed by atoms with Crippen molar-refractivity contribution in [2.75, 3.05) is 4.90 Å². The first-order valence-electron chi connectivity index (χ1n) is 15.9. The molecule has 0 N–H and O–H groups in total. The van der Waals surface area contributed by atoms with Crippen molar-refractivity contribution in [3.63, 3.8) is 0 Å². The summed E-state index contributed by atoms with van der Waals surface area (Å²) < 4.78 is 13.4. The Kier molecular flexibility index (Phi) is 5.57. The third-order valence-corrected chi connectivity index (χ3v) is 9.41. The molecule has 0 fully saturated rings. The molecule has 0 aliphatic heterocycles. The highest BCUT2D eigenvalue weighted by molar-refractivity contribution is 6.32. The number of nitrogens with zero attached hydrogens (tertiary/aromatic N) is 1. The highest BCUT2D eigenvalue weighted by atomic mass is 16.3. The summed E-state index contributed by atoms with van der Waals surface area (Å²) in [5, 5.41) is 9.11. The van der Waals surface area contributed by atoms with Gasteiger partial charge in [0.15, 0.2) is 0 Å². The molecule has 10 aromatic rings. The van der Waals surface area contributed by atoms with Gasteiger partial charge >= 0.3 is 0 Å². The molecule has 3 heteroatoms. The second-order valence-corrected chi connectivity index (χ2v) is 12.1. The van der Waals surface area contributed by atoms with Crippen LogP contribution in [0.4, 0.5) is 17.1 Å². The summed E-state index contributed by atoms with van der Waals surface area (Å²) in [6, 6.07) is 57.7. The Morgan fingerprint density at radius 1 is 0.340 bits per heavy atom. The third kappa shape index (κ3) is 3.93. The number of para-hydroxylation sites is 2. The largest absolute Gasteiger partial charge is 0.456 e. The van der Waals surface area contributed by atoms with Crippen molar-refractivity contribution < 1.29 is 8.83 Å². The van der Waals surface area contributed by atoms with Gasteiger partial charge in [-0.15, -0.1) is 0 Å². The Hall–Kier alpha value is -6.32. The van der Waals surface area contributed by atoms with E-state index < -0.39 is 0 Å². The minimum atomic E-state index is 0.851. The predicted octanol–water partition coefficient (Wildman–Crippen LogP) is 12.9. The lowest BCUT2D eigenvalue weighted by atomic mass is 9.95. The van der Waals surface area contributed by atoms with E-state index in [9.17, 15) is 0 Å². The van der Waals surface area contributed by atoms with Crippen molar-refractivity contribution in [1.82, 2.24) is 0 Å². The topological polar surface area (TPSA) is 29.5 Å². The molecular weight excluding hydrogens is 574 g/mol. The van der Waals surface area contributed by atoms with Crippen LogP contribution in [0.15, 0.2) is 173 Å². The quantitative estimate of drug-likeness (QED) is 0.188. The Morgan fingerprint density at radius 3 is 1.74 bits per heavy atom. The number of rotatable bonds is 4. The van der Waals surface area contributed by atoms with Gasteiger partial charge < -0.3 is 13.7 Å². The molecule has 8 aromatic carbocycles. The van der Waals surface area contributed by atoms with Crippen molar-refractivity contribution in [2.24, 2.45) is 0 Å². The second-order valence-electron chi connectivity index (χ2n) is 12.1. The fourth-order valence-electron chi connectivity index (χ4n) is 7.34. The van der Waals surface area contributed by atoms with E-state index in [4.69, 9.17) is 8.83 Å². The van der Waals surface area contributed by atoms with Gasteiger partial charge in [-0.3, -0.25) is 0 Å². The van der Waals surface area contributed by atoms with E-state index in [-0.39, 0.29) is 0 Å². The molecule has 0 amide bonds. The summed E-state index contributed by atoms with van der Waals surface area (Å²) in [6.45, 7) is 0. The normalized spacial score (nSPS) is 11.8. The Balaban J connectivity index is 1.37. The molecule has 3 nitrogen and oxygen atoms in total. The van der Waals surface area contributed by atoms with Crippen LogP contribution in [0.3, 0.4) is 0 Å². The molecule has 0 saturated carbocycles. The van der Waals surface area contributed by atoms with Crippen molar-refractivity contribution in [2.45, 2.75) is 0 Å². The zero-order valence-electron chi connectivity index (χ0n) is 25.4. The maximum atomic E-state index is 6.96. The minimum absolute atomic E-state index is 0.851. The Morgan fingerprint density at radius 2 is 0.957 bits per heavy atom. The number of hydrogen-bond acceptors (Lipinski definition) is 3. The van der Waals surface area contributed by atoms with Gasteiger partial charge in [0.2, 0.25) is 0 Å². The van der Waals surface area contributed by atoms with Crippen LogP contribution in [0.2, 0.25) is 0 Å². The van der Waals surface area contributed by atoms with Gasteiger partial charge in [0.1, 0.15) is 22.3 Å². The van der Waals surface area contributed by atoms with Crippen LogP contribution in [-0.2, 0) is 0 Å². The number of fused-ring (bicyclic) bond motifs is 11. The molecule has 0 unspecified atom stereocenters. The summed E-state index contributed by atoms with van der Waals surface area (Å²) in [5.74, 6) is 0. The van der Waals surface area contributed by atoms with Crippen LogP contribution in [0, 0.1) is 0 Å². The van der Waals surface area contributed by atoms with Gasteiger partial charge in [-0.1, -0.05) is 115 Å². The molecule has 0 atom stereocenters. The first-order valence-corrected chi connectivity index (χ1v) is 15.9. The highest BCUT2D eigenvalue weighted by Crippen LogP contribution is 2.49. The molecule has 0 spiro atoms. The number of anilines is 3. The van der Waals surface area contributed by atoms with Crippen LogP contribution < -0.4 is 4.90 Å². The molecule has 0 aliphatic rings. The SMILES string of the molecule is c1ccc(-c2cc(N(c3ccccc3)c3ccc4c(c3)oc3ccccc34)c3c(c2)oc2c4ccccc4c4ccccc4c23)cc1. The van der Waals surface area contributed by atoms with Gasteiger partial charge in [-0.05, 0) is 69.8 Å². The van der Waals surface area contributed by atoms with E-state index in [0.29, 0.717) is 0 Å². The monoisotopic (exact) mass is 601 g/mol. The van der Waals surface area contributed by atoms with Gasteiger partial charge in [0.05, 0.1) is 11.1 Å². The summed E-state index contributed by atoms with van der Waals surface area (Å²) in [5.41, 5.74) is 8.82. The summed E-state index contributed by atoms with van der Waals surface area (Å²) in [6.07, 6.45) is 0. The molecule has 10 rings (SSSR count). The van der Waals surface area contributed by atoms with E-state index in [1.165, 1.54) is 16.2 Å². The lowest BCUT2D eigenvalue weighted by molar-refractivity contribution is 0.669. The van der Waals surface area contributed by atoms with Crippen molar-refractivity contribution >= 4 is 82.5 Å². The fourth-order valence-corrected chi connectivity index (χ4v) is 7.34. The molecule has 0 radical (unpaired) electrons. The zero-order chi connectivity index (χ0) is 30.9. The van der Waals surface area contributed by atoms with Crippen LogP contribution in [0.1, 0.15) is 0 Å².